The van der Waals surface area contributed by atoms with Gasteiger partial charge in [0.2, 0.25) is 0 Å². The molecule has 0 unspecified atom stereocenters. The van der Waals surface area contributed by atoms with Crippen molar-refractivity contribution in [2.24, 2.45) is 0 Å². The Morgan fingerprint density at radius 3 is 2.09 bits per heavy atom. The number of nitrogens with zero attached hydrogens (tertiary/aromatic N) is 1. The van der Waals surface area contributed by atoms with Gasteiger partial charge in [0.15, 0.2) is 5.78 Å². The molecule has 2 nitrogen and oxygen atoms in total. The number of hydrogen-bond acceptors (Lipinski definition) is 2. The van der Waals surface area contributed by atoms with Gasteiger partial charge in [-0.15, -0.1) is 0 Å². The second kappa shape index (κ2) is 6.81. The van der Waals surface area contributed by atoms with Crippen LogP contribution in [0.15, 0.2) is 85.1 Å². The molecule has 1 aromatic heterocycles. The Hall–Kier alpha value is -2.74. The van der Waals surface area contributed by atoms with Crippen LogP contribution in [0.3, 0.4) is 0 Å². The lowest BCUT2D eigenvalue weighted by atomic mass is 9.88. The number of benzene rings is 2. The molecule has 0 radical (unpaired) electrons. The normalized spacial score (nSPS) is 11.8. The number of aromatic nitrogens is 1. The Kier molecular flexibility index (Phi) is 4.40. The summed E-state index contributed by atoms with van der Waals surface area (Å²) in [5, 5.41) is 0. The third-order valence-corrected chi connectivity index (χ3v) is 3.73. The minimum absolute atomic E-state index is 0.0184. The zero-order valence-corrected chi connectivity index (χ0v) is 12.2. The highest BCUT2D eigenvalue weighted by Crippen LogP contribution is 2.27. The molecule has 0 N–H and O–H groups in total. The molecule has 0 fully saturated rings. The smallest absolute Gasteiger partial charge is 0.163 e. The van der Waals surface area contributed by atoms with E-state index in [1.54, 1.807) is 6.20 Å². The summed E-state index contributed by atoms with van der Waals surface area (Å²) < 4.78 is 0. The number of rotatable bonds is 5. The van der Waals surface area contributed by atoms with Crippen LogP contribution < -0.4 is 0 Å². The van der Waals surface area contributed by atoms with Gasteiger partial charge < -0.3 is 0 Å². The minimum atomic E-state index is -0.0184. The van der Waals surface area contributed by atoms with Crippen LogP contribution in [0.2, 0.25) is 0 Å². The molecular formula is C20H17NO. The van der Waals surface area contributed by atoms with Gasteiger partial charge in [0.25, 0.3) is 0 Å². The highest BCUT2D eigenvalue weighted by atomic mass is 16.1. The molecule has 2 aromatic carbocycles. The molecule has 1 atom stereocenters. The van der Waals surface area contributed by atoms with E-state index in [4.69, 9.17) is 0 Å². The van der Waals surface area contributed by atoms with E-state index < -0.39 is 0 Å². The van der Waals surface area contributed by atoms with Crippen LogP contribution >= 0.6 is 0 Å². The predicted molar refractivity (Wildman–Crippen MR) is 87.9 cm³/mol. The summed E-state index contributed by atoms with van der Waals surface area (Å²) in [5.41, 5.74) is 2.79. The lowest BCUT2D eigenvalue weighted by Crippen LogP contribution is -2.10. The first-order valence-electron chi connectivity index (χ1n) is 7.39. The highest BCUT2D eigenvalue weighted by Gasteiger charge is 2.19. The zero-order valence-electron chi connectivity index (χ0n) is 12.2. The third-order valence-electron chi connectivity index (χ3n) is 3.73. The molecule has 1 heterocycles. The molecule has 0 aliphatic heterocycles. The summed E-state index contributed by atoms with van der Waals surface area (Å²) in [6.07, 6.45) is 2.20. The van der Waals surface area contributed by atoms with Gasteiger partial charge in [0.1, 0.15) is 0 Å². The van der Waals surface area contributed by atoms with Crippen molar-refractivity contribution in [3.8, 4) is 0 Å². The SMILES string of the molecule is O=C(C[C@H](c1ccccc1)c1ccccn1)c1ccccc1. The van der Waals surface area contributed by atoms with E-state index in [9.17, 15) is 4.79 Å². The molecule has 0 amide bonds. The molecule has 0 spiro atoms. The first-order chi connectivity index (χ1) is 10.8. The second-order valence-electron chi connectivity index (χ2n) is 5.21. The maximum absolute atomic E-state index is 12.6. The molecule has 0 bridgehead atoms. The topological polar surface area (TPSA) is 30.0 Å². The minimum Gasteiger partial charge on any atom is -0.294 e. The summed E-state index contributed by atoms with van der Waals surface area (Å²) in [5.74, 6) is 0.121. The number of Topliss-reactive ketones (excluding diaryl/α,β-unsaturated/α-hetero) is 1. The lowest BCUT2D eigenvalue weighted by molar-refractivity contribution is 0.0977. The average Bonchev–Trinajstić information content (AvgIpc) is 2.62. The number of ketones is 1. The van der Waals surface area contributed by atoms with E-state index in [1.807, 2.05) is 66.7 Å². The lowest BCUT2D eigenvalue weighted by Gasteiger charge is -2.16. The van der Waals surface area contributed by atoms with Crippen molar-refractivity contribution in [2.75, 3.05) is 0 Å². The maximum atomic E-state index is 12.6. The van der Waals surface area contributed by atoms with E-state index in [-0.39, 0.29) is 11.7 Å². The fourth-order valence-electron chi connectivity index (χ4n) is 2.59. The number of pyridine rings is 1. The van der Waals surface area contributed by atoms with Crippen molar-refractivity contribution in [1.29, 1.82) is 0 Å². The standard InChI is InChI=1S/C20H17NO/c22-20(17-11-5-2-6-12-17)15-18(16-9-3-1-4-10-16)19-13-7-8-14-21-19/h1-14,18H,15H2/t18-/m1/s1. The van der Waals surface area contributed by atoms with Crippen LogP contribution in [0.25, 0.3) is 0 Å². The van der Waals surface area contributed by atoms with Crippen molar-refractivity contribution >= 4 is 5.78 Å². The van der Waals surface area contributed by atoms with Crippen molar-refractivity contribution in [3.05, 3.63) is 102 Å². The average molecular weight is 287 g/mol. The molecule has 2 heteroatoms. The van der Waals surface area contributed by atoms with E-state index in [1.165, 1.54) is 0 Å². The fourth-order valence-corrected chi connectivity index (χ4v) is 2.59. The van der Waals surface area contributed by atoms with Crippen molar-refractivity contribution in [3.63, 3.8) is 0 Å². The van der Waals surface area contributed by atoms with Crippen LogP contribution in [-0.2, 0) is 0 Å². The molecule has 3 aromatic rings. The molecule has 22 heavy (non-hydrogen) atoms. The number of hydrogen-bond donors (Lipinski definition) is 0. The van der Waals surface area contributed by atoms with Crippen molar-refractivity contribution in [1.82, 2.24) is 4.98 Å². The second-order valence-corrected chi connectivity index (χ2v) is 5.21. The molecule has 0 saturated heterocycles. The Morgan fingerprint density at radius 1 is 0.818 bits per heavy atom. The van der Waals surface area contributed by atoms with Crippen LogP contribution in [0, 0.1) is 0 Å². The maximum Gasteiger partial charge on any atom is 0.163 e. The van der Waals surface area contributed by atoms with E-state index in [2.05, 4.69) is 17.1 Å². The van der Waals surface area contributed by atoms with Crippen LogP contribution in [-0.4, -0.2) is 10.8 Å². The van der Waals surface area contributed by atoms with Gasteiger partial charge in [-0.3, -0.25) is 9.78 Å². The largest absolute Gasteiger partial charge is 0.294 e. The van der Waals surface area contributed by atoms with E-state index in [0.29, 0.717) is 6.42 Å². The molecule has 0 aliphatic rings. The molecule has 108 valence electrons. The van der Waals surface area contributed by atoms with Crippen LogP contribution in [0.5, 0.6) is 0 Å². The first-order valence-corrected chi connectivity index (χ1v) is 7.39. The Morgan fingerprint density at radius 2 is 1.45 bits per heavy atom. The van der Waals surface area contributed by atoms with Crippen molar-refractivity contribution < 1.29 is 4.79 Å². The monoisotopic (exact) mass is 287 g/mol. The predicted octanol–water partition coefficient (Wildman–Crippen LogP) is 4.49. The molecule has 3 rings (SSSR count). The van der Waals surface area contributed by atoms with Gasteiger partial charge >= 0.3 is 0 Å². The van der Waals surface area contributed by atoms with Gasteiger partial charge in [-0.05, 0) is 17.7 Å². The summed E-state index contributed by atoms with van der Waals surface area (Å²) in [6.45, 7) is 0. The van der Waals surface area contributed by atoms with Gasteiger partial charge in [-0.25, -0.2) is 0 Å². The van der Waals surface area contributed by atoms with E-state index >= 15 is 0 Å². The molecular weight excluding hydrogens is 270 g/mol. The summed E-state index contributed by atoms with van der Waals surface area (Å²) in [4.78, 5) is 17.0. The van der Waals surface area contributed by atoms with Crippen LogP contribution in [0.4, 0.5) is 0 Å². The summed E-state index contributed by atoms with van der Waals surface area (Å²) >= 11 is 0. The van der Waals surface area contributed by atoms with Gasteiger partial charge in [0, 0.05) is 29.8 Å². The Labute approximate surface area is 130 Å². The molecule has 0 aliphatic carbocycles. The Bertz CT molecular complexity index is 684. The van der Waals surface area contributed by atoms with Gasteiger partial charge in [-0.2, -0.15) is 0 Å². The summed E-state index contributed by atoms with van der Waals surface area (Å²) in [7, 11) is 0. The van der Waals surface area contributed by atoms with E-state index in [0.717, 1.165) is 16.8 Å². The summed E-state index contributed by atoms with van der Waals surface area (Å²) in [6, 6.07) is 25.4. The fraction of sp³-hybridized carbons (Fsp3) is 0.100. The van der Waals surface area contributed by atoms with Crippen LogP contribution in [0.1, 0.15) is 34.0 Å². The zero-order chi connectivity index (χ0) is 15.2. The van der Waals surface area contributed by atoms with Gasteiger partial charge in [-0.1, -0.05) is 66.7 Å². The first kappa shape index (κ1) is 14.2. The van der Waals surface area contributed by atoms with Gasteiger partial charge in [0.05, 0.1) is 0 Å². The van der Waals surface area contributed by atoms with Crippen molar-refractivity contribution in [2.45, 2.75) is 12.3 Å². The highest BCUT2D eigenvalue weighted by molar-refractivity contribution is 5.96. The quantitative estimate of drug-likeness (QED) is 0.647. The molecule has 0 saturated carbocycles. The number of carbonyl (C=O) groups excluding carboxylic acids is 1. The third kappa shape index (κ3) is 3.29. The number of carbonyl (C=O) groups is 1. The Balaban J connectivity index is 1.91.